The Balaban J connectivity index is 1.44. The SMILES string of the molecule is CC[C@H](NC(=O)c1c(CN2CCC(O)(c3cccc(OC)c3)CC2)n(-c2ccccc2F)c(=O)c2ccccc12)c1ccccc1. The molecule has 4 aromatic carbocycles. The van der Waals surface area contributed by atoms with Crippen LogP contribution >= 0.6 is 0 Å². The molecule has 1 fully saturated rings. The van der Waals surface area contributed by atoms with Crippen LogP contribution in [0.5, 0.6) is 5.75 Å². The van der Waals surface area contributed by atoms with Crippen LogP contribution in [0.2, 0.25) is 0 Å². The second-order valence-electron chi connectivity index (χ2n) is 11.8. The van der Waals surface area contributed by atoms with Crippen LogP contribution in [0.3, 0.4) is 0 Å². The standard InChI is InChI=1S/C38H38FN3O4/c1-3-32(26-12-5-4-6-13-26)40-36(43)35-29-16-7-8-17-30(29)37(44)42(33-19-10-9-18-31(33)39)34(35)25-41-22-20-38(45,21-23-41)27-14-11-15-28(24-27)46-2/h4-19,24,32,45H,3,20-23,25H2,1-2H3,(H,40,43)/t32-/m0/s1. The first-order chi connectivity index (χ1) is 22.3. The van der Waals surface area contributed by atoms with E-state index in [4.69, 9.17) is 4.74 Å². The van der Waals surface area contributed by atoms with Gasteiger partial charge in [-0.3, -0.25) is 19.1 Å². The second kappa shape index (κ2) is 13.3. The third-order valence-corrected chi connectivity index (χ3v) is 9.09. The number of pyridine rings is 1. The van der Waals surface area contributed by atoms with Crippen LogP contribution in [0.4, 0.5) is 4.39 Å². The number of rotatable bonds is 9. The number of hydrogen-bond acceptors (Lipinski definition) is 5. The number of piperidine rings is 1. The second-order valence-corrected chi connectivity index (χ2v) is 11.8. The van der Waals surface area contributed by atoms with E-state index >= 15 is 4.39 Å². The summed E-state index contributed by atoms with van der Waals surface area (Å²) in [7, 11) is 1.60. The summed E-state index contributed by atoms with van der Waals surface area (Å²) >= 11 is 0. The molecule has 236 valence electrons. The first-order valence-electron chi connectivity index (χ1n) is 15.7. The summed E-state index contributed by atoms with van der Waals surface area (Å²) < 4.78 is 22.2. The number of para-hydroxylation sites is 1. The molecule has 5 aromatic rings. The number of aliphatic hydroxyl groups is 1. The Morgan fingerprint density at radius 3 is 2.30 bits per heavy atom. The predicted octanol–water partition coefficient (Wildman–Crippen LogP) is 6.50. The maximum absolute atomic E-state index is 15.5. The molecule has 0 spiro atoms. The minimum absolute atomic E-state index is 0.0855. The minimum atomic E-state index is -1.05. The van der Waals surface area contributed by atoms with Crippen molar-refractivity contribution in [1.82, 2.24) is 14.8 Å². The smallest absolute Gasteiger partial charge is 0.263 e. The maximum Gasteiger partial charge on any atom is 0.263 e. The van der Waals surface area contributed by atoms with Gasteiger partial charge in [-0.25, -0.2) is 4.39 Å². The highest BCUT2D eigenvalue weighted by Gasteiger charge is 2.35. The number of amides is 1. The molecule has 1 saturated heterocycles. The Kier molecular flexibility index (Phi) is 9.01. The van der Waals surface area contributed by atoms with Crippen molar-refractivity contribution in [3.05, 3.63) is 142 Å². The average molecular weight is 620 g/mol. The van der Waals surface area contributed by atoms with Gasteiger partial charge in [-0.2, -0.15) is 0 Å². The van der Waals surface area contributed by atoms with Crippen molar-refractivity contribution in [1.29, 1.82) is 0 Å². The van der Waals surface area contributed by atoms with Gasteiger partial charge in [0.25, 0.3) is 11.5 Å². The summed E-state index contributed by atoms with van der Waals surface area (Å²) in [5.41, 5.74) is 1.13. The molecule has 46 heavy (non-hydrogen) atoms. The Hall–Kier alpha value is -4.79. The molecule has 2 N–H and O–H groups in total. The molecule has 1 aliphatic heterocycles. The number of carbonyl (C=O) groups excluding carboxylic acids is 1. The summed E-state index contributed by atoms with van der Waals surface area (Å²) in [6.45, 7) is 3.20. The number of ether oxygens (including phenoxy) is 1. The number of aromatic nitrogens is 1. The molecular formula is C38H38FN3O4. The zero-order chi connectivity index (χ0) is 32.3. The lowest BCUT2D eigenvalue weighted by Crippen LogP contribution is -2.43. The lowest BCUT2D eigenvalue weighted by molar-refractivity contribution is -0.0282. The summed E-state index contributed by atoms with van der Waals surface area (Å²) in [6.07, 6.45) is 1.53. The van der Waals surface area contributed by atoms with Crippen molar-refractivity contribution in [3.8, 4) is 11.4 Å². The number of nitrogens with one attached hydrogen (secondary N) is 1. The molecule has 0 saturated carbocycles. The highest BCUT2D eigenvalue weighted by atomic mass is 19.1. The number of benzene rings is 4. The molecule has 8 heteroatoms. The third kappa shape index (κ3) is 6.06. The highest BCUT2D eigenvalue weighted by Crippen LogP contribution is 2.35. The Morgan fingerprint density at radius 1 is 0.935 bits per heavy atom. The summed E-state index contributed by atoms with van der Waals surface area (Å²) in [6, 6.07) is 30.1. The quantitative estimate of drug-likeness (QED) is 0.197. The number of halogens is 1. The highest BCUT2D eigenvalue weighted by molar-refractivity contribution is 6.08. The summed E-state index contributed by atoms with van der Waals surface area (Å²) in [5, 5.41) is 15.7. The van der Waals surface area contributed by atoms with Crippen molar-refractivity contribution in [2.45, 2.75) is 44.4 Å². The zero-order valence-corrected chi connectivity index (χ0v) is 26.1. The average Bonchev–Trinajstić information content (AvgIpc) is 3.09. The van der Waals surface area contributed by atoms with Gasteiger partial charge in [0.1, 0.15) is 11.6 Å². The van der Waals surface area contributed by atoms with E-state index in [0.29, 0.717) is 60.1 Å². The molecule has 6 rings (SSSR count). The number of methoxy groups -OCH3 is 1. The largest absolute Gasteiger partial charge is 0.497 e. The van der Waals surface area contributed by atoms with Gasteiger partial charge in [0.05, 0.1) is 35.7 Å². The van der Waals surface area contributed by atoms with Crippen LogP contribution in [0.15, 0.2) is 108 Å². The number of hydrogen-bond donors (Lipinski definition) is 2. The molecule has 1 atom stereocenters. The van der Waals surface area contributed by atoms with Crippen molar-refractivity contribution in [3.63, 3.8) is 0 Å². The Morgan fingerprint density at radius 2 is 1.61 bits per heavy atom. The van der Waals surface area contributed by atoms with Crippen LogP contribution in [-0.4, -0.2) is 40.7 Å². The fourth-order valence-corrected chi connectivity index (χ4v) is 6.52. The lowest BCUT2D eigenvalue weighted by atomic mass is 9.84. The molecule has 7 nitrogen and oxygen atoms in total. The number of fused-ring (bicyclic) bond motifs is 1. The molecule has 0 radical (unpaired) electrons. The maximum atomic E-state index is 15.5. The molecule has 0 aliphatic carbocycles. The monoisotopic (exact) mass is 619 g/mol. The van der Waals surface area contributed by atoms with Gasteiger partial charge in [-0.1, -0.05) is 79.7 Å². The van der Waals surface area contributed by atoms with Gasteiger partial charge in [0, 0.05) is 30.4 Å². The first-order valence-corrected chi connectivity index (χ1v) is 15.7. The molecule has 2 heterocycles. The van der Waals surface area contributed by atoms with E-state index in [2.05, 4.69) is 10.2 Å². The topological polar surface area (TPSA) is 83.8 Å². The fraction of sp³-hybridized carbons (Fsp3) is 0.263. The predicted molar refractivity (Wildman–Crippen MR) is 178 cm³/mol. The minimum Gasteiger partial charge on any atom is -0.497 e. The lowest BCUT2D eigenvalue weighted by Gasteiger charge is -2.39. The van der Waals surface area contributed by atoms with E-state index in [0.717, 1.165) is 11.1 Å². The van der Waals surface area contributed by atoms with Gasteiger partial charge in [0.15, 0.2) is 0 Å². The molecule has 1 aliphatic rings. The Bertz CT molecular complexity index is 1920. The van der Waals surface area contributed by atoms with Gasteiger partial charge in [0.2, 0.25) is 0 Å². The van der Waals surface area contributed by atoms with E-state index in [1.807, 2.05) is 61.5 Å². The third-order valence-electron chi connectivity index (χ3n) is 9.09. The van der Waals surface area contributed by atoms with E-state index in [1.54, 1.807) is 49.6 Å². The number of likely N-dealkylation sites (tertiary alicyclic amines) is 1. The molecule has 1 amide bonds. The van der Waals surface area contributed by atoms with Crippen LogP contribution in [0.1, 0.15) is 59.4 Å². The van der Waals surface area contributed by atoms with Crippen LogP contribution in [0, 0.1) is 5.82 Å². The zero-order valence-electron chi connectivity index (χ0n) is 26.1. The van der Waals surface area contributed by atoms with Crippen molar-refractivity contribution in [2.24, 2.45) is 0 Å². The molecular weight excluding hydrogens is 581 g/mol. The molecule has 0 bridgehead atoms. The van der Waals surface area contributed by atoms with Crippen LogP contribution in [-0.2, 0) is 12.1 Å². The van der Waals surface area contributed by atoms with E-state index in [-0.39, 0.29) is 24.2 Å². The van der Waals surface area contributed by atoms with Gasteiger partial charge >= 0.3 is 0 Å². The number of carbonyl (C=O) groups is 1. The fourth-order valence-electron chi connectivity index (χ4n) is 6.52. The normalized spacial score (nSPS) is 15.4. The van der Waals surface area contributed by atoms with Crippen molar-refractivity contribution >= 4 is 16.7 Å². The molecule has 0 unspecified atom stereocenters. The van der Waals surface area contributed by atoms with Gasteiger partial charge in [-0.15, -0.1) is 0 Å². The molecule has 1 aromatic heterocycles. The number of nitrogens with zero attached hydrogens (tertiary/aromatic N) is 2. The Labute approximate surface area is 267 Å². The van der Waals surface area contributed by atoms with Crippen LogP contribution < -0.4 is 15.6 Å². The summed E-state index contributed by atoms with van der Waals surface area (Å²) in [5.74, 6) is -0.221. The van der Waals surface area contributed by atoms with Gasteiger partial charge < -0.3 is 15.2 Å². The van der Waals surface area contributed by atoms with Crippen LogP contribution in [0.25, 0.3) is 16.5 Å². The van der Waals surface area contributed by atoms with E-state index in [9.17, 15) is 14.7 Å². The first kappa shape index (κ1) is 31.2. The van der Waals surface area contributed by atoms with Crippen molar-refractivity contribution in [2.75, 3.05) is 20.2 Å². The summed E-state index contributed by atoms with van der Waals surface area (Å²) in [4.78, 5) is 30.7. The van der Waals surface area contributed by atoms with E-state index < -0.39 is 17.0 Å². The van der Waals surface area contributed by atoms with Crippen molar-refractivity contribution < 1.29 is 19.0 Å². The van der Waals surface area contributed by atoms with Gasteiger partial charge in [-0.05, 0) is 60.7 Å². The van der Waals surface area contributed by atoms with E-state index in [1.165, 1.54) is 10.6 Å².